The molecule has 0 spiro atoms. The molecule has 0 radical (unpaired) electrons. The number of nitrogens with one attached hydrogen (secondary N) is 1. The van der Waals surface area contributed by atoms with Gasteiger partial charge >= 0.3 is 6.01 Å². The number of amides is 2. The number of hydrogen-bond acceptors (Lipinski definition) is 5. The van der Waals surface area contributed by atoms with E-state index in [0.29, 0.717) is 23.0 Å². The summed E-state index contributed by atoms with van der Waals surface area (Å²) in [5.74, 6) is -0.190. The number of benzene rings is 2. The lowest BCUT2D eigenvalue weighted by Gasteiger charge is -2.15. The topological polar surface area (TPSA) is 88.3 Å². The number of carbonyl (C=O) groups is 2. The van der Waals surface area contributed by atoms with Crippen LogP contribution in [0, 0.1) is 0 Å². The van der Waals surface area contributed by atoms with Crippen molar-refractivity contribution in [3.63, 3.8) is 0 Å². The highest BCUT2D eigenvalue weighted by Gasteiger charge is 2.35. The maximum atomic E-state index is 12.3. The first-order chi connectivity index (χ1) is 13.6. The van der Waals surface area contributed by atoms with Crippen LogP contribution in [0.4, 0.5) is 11.7 Å². The number of carbonyl (C=O) groups excluding carboxylic acids is 2. The van der Waals surface area contributed by atoms with Gasteiger partial charge < -0.3 is 9.32 Å². The van der Waals surface area contributed by atoms with Crippen LogP contribution in [-0.2, 0) is 16.0 Å². The van der Waals surface area contributed by atoms with E-state index in [9.17, 15) is 9.59 Å². The number of nitrogens with zero attached hydrogens (tertiary/aromatic N) is 3. The molecule has 3 aromatic rings. The Hall–Kier alpha value is -3.19. The van der Waals surface area contributed by atoms with Crippen molar-refractivity contribution in [2.24, 2.45) is 0 Å². The molecular formula is C20H17ClN4O3. The fourth-order valence-corrected chi connectivity index (χ4v) is 3.36. The van der Waals surface area contributed by atoms with Crippen molar-refractivity contribution in [3.05, 3.63) is 71.1 Å². The van der Waals surface area contributed by atoms with E-state index < -0.39 is 0 Å². The van der Waals surface area contributed by atoms with E-state index in [1.165, 1.54) is 0 Å². The second kappa shape index (κ2) is 7.82. The molecule has 142 valence electrons. The van der Waals surface area contributed by atoms with E-state index in [1.807, 2.05) is 36.4 Å². The van der Waals surface area contributed by atoms with Crippen molar-refractivity contribution >= 4 is 35.1 Å². The second-order valence-corrected chi connectivity index (χ2v) is 6.91. The van der Waals surface area contributed by atoms with Crippen LogP contribution >= 0.6 is 11.6 Å². The normalized spacial score (nSPS) is 16.4. The van der Waals surface area contributed by atoms with E-state index in [1.54, 1.807) is 23.1 Å². The minimum atomic E-state index is -0.309. The van der Waals surface area contributed by atoms with Gasteiger partial charge in [-0.05, 0) is 23.8 Å². The minimum absolute atomic E-state index is 0.00120. The summed E-state index contributed by atoms with van der Waals surface area (Å²) in [7, 11) is 0. The summed E-state index contributed by atoms with van der Waals surface area (Å²) in [5.41, 5.74) is 1.55. The molecule has 0 bridgehead atoms. The fourth-order valence-electron chi connectivity index (χ4n) is 3.16. The minimum Gasteiger partial charge on any atom is -0.407 e. The maximum Gasteiger partial charge on any atom is 0.322 e. The molecular weight excluding hydrogens is 380 g/mol. The third kappa shape index (κ3) is 3.89. The Bertz CT molecular complexity index is 1010. The van der Waals surface area contributed by atoms with Crippen molar-refractivity contribution in [3.8, 4) is 0 Å². The highest BCUT2D eigenvalue weighted by Crippen LogP contribution is 2.31. The Kier molecular flexibility index (Phi) is 5.08. The van der Waals surface area contributed by atoms with E-state index in [0.717, 1.165) is 5.69 Å². The molecule has 1 N–H and O–H groups in total. The second-order valence-electron chi connectivity index (χ2n) is 6.50. The number of halogens is 1. The average Bonchev–Trinajstić information content (AvgIpc) is 3.31. The quantitative estimate of drug-likeness (QED) is 0.713. The molecule has 1 aromatic heterocycles. The van der Waals surface area contributed by atoms with Crippen LogP contribution in [0.25, 0.3) is 0 Å². The standard InChI is InChI=1S/C20H17ClN4O3/c21-16-9-5-4-6-13(16)10-17(26)22-20-24-23-19(28-20)14-11-18(27)25(12-14)15-7-2-1-3-8-15/h1-9,14H,10-12H2,(H,22,24,26)/t14-/m1/s1. The van der Waals surface area contributed by atoms with Crippen molar-refractivity contribution in [2.75, 3.05) is 16.8 Å². The highest BCUT2D eigenvalue weighted by atomic mass is 35.5. The zero-order valence-corrected chi connectivity index (χ0v) is 15.6. The molecule has 1 aliphatic rings. The molecule has 4 rings (SSSR count). The first-order valence-electron chi connectivity index (χ1n) is 8.82. The van der Waals surface area contributed by atoms with Gasteiger partial charge in [-0.1, -0.05) is 53.1 Å². The van der Waals surface area contributed by atoms with Crippen molar-refractivity contribution < 1.29 is 14.0 Å². The molecule has 2 aromatic carbocycles. The highest BCUT2D eigenvalue weighted by molar-refractivity contribution is 6.31. The smallest absolute Gasteiger partial charge is 0.322 e. The molecule has 2 amide bonds. The van der Waals surface area contributed by atoms with Gasteiger partial charge in [0.25, 0.3) is 0 Å². The van der Waals surface area contributed by atoms with Gasteiger partial charge in [-0.2, -0.15) is 0 Å². The third-order valence-corrected chi connectivity index (χ3v) is 4.91. The lowest BCUT2D eigenvalue weighted by molar-refractivity contribution is -0.117. The summed E-state index contributed by atoms with van der Waals surface area (Å²) >= 11 is 6.07. The SMILES string of the molecule is O=C(Cc1ccccc1Cl)Nc1nnc([C@@H]2CC(=O)N(c3ccccc3)C2)o1. The van der Waals surface area contributed by atoms with Crippen molar-refractivity contribution in [1.82, 2.24) is 10.2 Å². The third-order valence-electron chi connectivity index (χ3n) is 4.54. The monoisotopic (exact) mass is 396 g/mol. The molecule has 2 heterocycles. The molecule has 0 saturated carbocycles. The number of hydrogen-bond donors (Lipinski definition) is 1. The van der Waals surface area contributed by atoms with E-state index >= 15 is 0 Å². The van der Waals surface area contributed by atoms with E-state index in [-0.39, 0.29) is 36.6 Å². The van der Waals surface area contributed by atoms with Gasteiger partial charge in [0.15, 0.2) is 0 Å². The Morgan fingerprint density at radius 1 is 1.14 bits per heavy atom. The van der Waals surface area contributed by atoms with Crippen LogP contribution in [0.1, 0.15) is 23.8 Å². The van der Waals surface area contributed by atoms with Gasteiger partial charge in [-0.3, -0.25) is 14.9 Å². The van der Waals surface area contributed by atoms with Crippen LogP contribution in [0.3, 0.4) is 0 Å². The molecule has 1 aliphatic heterocycles. The lowest BCUT2D eigenvalue weighted by Crippen LogP contribution is -2.24. The first-order valence-corrected chi connectivity index (χ1v) is 9.20. The zero-order chi connectivity index (χ0) is 19.5. The molecule has 1 fully saturated rings. The number of para-hydroxylation sites is 1. The van der Waals surface area contributed by atoms with Gasteiger partial charge in [0.05, 0.1) is 12.3 Å². The Labute approximate surface area is 166 Å². The van der Waals surface area contributed by atoms with Crippen LogP contribution in [0.2, 0.25) is 5.02 Å². The van der Waals surface area contributed by atoms with Gasteiger partial charge in [0.2, 0.25) is 17.7 Å². The summed E-state index contributed by atoms with van der Waals surface area (Å²) in [4.78, 5) is 26.2. The molecule has 1 atom stereocenters. The van der Waals surface area contributed by atoms with Crippen LogP contribution in [0.5, 0.6) is 0 Å². The van der Waals surface area contributed by atoms with Crippen LogP contribution < -0.4 is 10.2 Å². The van der Waals surface area contributed by atoms with E-state index in [2.05, 4.69) is 15.5 Å². The van der Waals surface area contributed by atoms with Gasteiger partial charge in [-0.25, -0.2) is 0 Å². The van der Waals surface area contributed by atoms with Gasteiger partial charge in [0.1, 0.15) is 0 Å². The summed E-state index contributed by atoms with van der Waals surface area (Å²) in [5, 5.41) is 11.0. The van der Waals surface area contributed by atoms with Crippen LogP contribution in [0.15, 0.2) is 59.0 Å². The number of anilines is 2. The summed E-state index contributed by atoms with van der Waals surface area (Å²) in [6, 6.07) is 16.6. The summed E-state index contributed by atoms with van der Waals surface area (Å²) < 4.78 is 5.57. The first kappa shape index (κ1) is 18.2. The molecule has 8 heteroatoms. The lowest BCUT2D eigenvalue weighted by atomic mass is 10.1. The van der Waals surface area contributed by atoms with Crippen LogP contribution in [-0.4, -0.2) is 28.6 Å². The average molecular weight is 397 g/mol. The van der Waals surface area contributed by atoms with Gasteiger partial charge in [-0.15, -0.1) is 5.10 Å². The Balaban J connectivity index is 1.40. The number of rotatable bonds is 5. The molecule has 28 heavy (non-hydrogen) atoms. The zero-order valence-electron chi connectivity index (χ0n) is 14.8. The summed E-state index contributed by atoms with van der Waals surface area (Å²) in [6.45, 7) is 0.456. The maximum absolute atomic E-state index is 12.3. The Morgan fingerprint density at radius 3 is 2.68 bits per heavy atom. The predicted octanol–water partition coefficient (Wildman–Crippen LogP) is 3.42. The molecule has 7 nitrogen and oxygen atoms in total. The molecule has 0 aliphatic carbocycles. The largest absolute Gasteiger partial charge is 0.407 e. The summed E-state index contributed by atoms with van der Waals surface area (Å²) in [6.07, 6.45) is 0.380. The molecule has 0 unspecified atom stereocenters. The van der Waals surface area contributed by atoms with Crippen molar-refractivity contribution in [2.45, 2.75) is 18.8 Å². The molecule has 1 saturated heterocycles. The van der Waals surface area contributed by atoms with E-state index in [4.69, 9.17) is 16.0 Å². The Morgan fingerprint density at radius 2 is 1.89 bits per heavy atom. The predicted molar refractivity (Wildman–Crippen MR) is 104 cm³/mol. The number of aromatic nitrogens is 2. The van der Waals surface area contributed by atoms with Crippen molar-refractivity contribution in [1.29, 1.82) is 0 Å². The fraction of sp³-hybridized carbons (Fsp3) is 0.200. The van der Waals surface area contributed by atoms with Gasteiger partial charge in [0, 0.05) is 23.7 Å².